The van der Waals surface area contributed by atoms with Crippen molar-refractivity contribution in [2.75, 3.05) is 40.5 Å². The van der Waals surface area contributed by atoms with Gasteiger partial charge in [0.2, 0.25) is 0 Å². The van der Waals surface area contributed by atoms with Gasteiger partial charge in [0.05, 0.1) is 32.9 Å². The number of H-pyrrole nitrogens is 1. The van der Waals surface area contributed by atoms with Crippen LogP contribution in [0.5, 0.6) is 11.5 Å². The Morgan fingerprint density at radius 2 is 1.88 bits per heavy atom. The van der Waals surface area contributed by atoms with Gasteiger partial charge in [-0.25, -0.2) is 0 Å². The second-order valence-corrected chi connectivity index (χ2v) is 7.63. The number of aryl methyl sites for hydroxylation is 1. The predicted octanol–water partition coefficient (Wildman–Crippen LogP) is 4.07. The lowest BCUT2D eigenvalue weighted by atomic mass is 10.0. The van der Waals surface area contributed by atoms with E-state index in [9.17, 15) is 5.11 Å². The quantitative estimate of drug-likeness (QED) is 0.122. The Hall–Kier alpha value is -2.46. The zero-order valence-corrected chi connectivity index (χ0v) is 21.9. The van der Waals surface area contributed by atoms with Gasteiger partial charge in [-0.05, 0) is 31.4 Å². The molecule has 0 saturated carbocycles. The molecular formula is C25H35IN4O3. The molecule has 1 unspecified atom stereocenters. The highest BCUT2D eigenvalue weighted by Gasteiger charge is 2.11. The molecule has 8 heteroatoms. The zero-order valence-electron chi connectivity index (χ0n) is 19.6. The third-order valence-corrected chi connectivity index (χ3v) is 5.41. The molecule has 0 aliphatic carbocycles. The van der Waals surface area contributed by atoms with Crippen molar-refractivity contribution < 1.29 is 14.6 Å². The molecule has 0 fully saturated rings. The van der Waals surface area contributed by atoms with Gasteiger partial charge >= 0.3 is 0 Å². The number of halogens is 1. The van der Waals surface area contributed by atoms with E-state index in [1.54, 1.807) is 14.2 Å². The van der Waals surface area contributed by atoms with Crippen molar-refractivity contribution in [3.63, 3.8) is 0 Å². The van der Waals surface area contributed by atoms with Gasteiger partial charge < -0.3 is 30.2 Å². The standard InChI is InChI=1S/C25H34N4O3.HI/c1-4-26-25(28-16-19(17-30)18-9-6-5-7-10-18)27-12-8-11-20-13-22-23(29-20)14-21(31-2)15-24(22)32-3;/h5-7,9-10,13-15,19,29-30H,4,8,11-12,16-17H2,1-3H3,(H2,26,27,28);1H. The van der Waals surface area contributed by atoms with Crippen LogP contribution in [0.3, 0.4) is 0 Å². The van der Waals surface area contributed by atoms with E-state index in [0.717, 1.165) is 65.6 Å². The first kappa shape index (κ1) is 26.8. The molecule has 180 valence electrons. The zero-order chi connectivity index (χ0) is 22.8. The van der Waals surface area contributed by atoms with E-state index in [1.165, 1.54) is 0 Å². The van der Waals surface area contributed by atoms with Crippen LogP contribution < -0.4 is 20.1 Å². The highest BCUT2D eigenvalue weighted by molar-refractivity contribution is 14.0. The van der Waals surface area contributed by atoms with Crippen molar-refractivity contribution in [2.24, 2.45) is 4.99 Å². The molecule has 4 N–H and O–H groups in total. The summed E-state index contributed by atoms with van der Waals surface area (Å²) in [6, 6.07) is 16.0. The van der Waals surface area contributed by atoms with E-state index in [1.807, 2.05) is 49.4 Å². The van der Waals surface area contributed by atoms with E-state index in [-0.39, 0.29) is 36.5 Å². The third-order valence-electron chi connectivity index (χ3n) is 5.41. The Labute approximate surface area is 213 Å². The molecule has 1 aromatic heterocycles. The summed E-state index contributed by atoms with van der Waals surface area (Å²) in [6.45, 7) is 4.21. The summed E-state index contributed by atoms with van der Waals surface area (Å²) in [7, 11) is 3.33. The number of nitrogens with one attached hydrogen (secondary N) is 3. The maximum atomic E-state index is 9.76. The number of guanidine groups is 1. The number of nitrogens with zero attached hydrogens (tertiary/aromatic N) is 1. The monoisotopic (exact) mass is 566 g/mol. The van der Waals surface area contributed by atoms with Crippen LogP contribution in [-0.4, -0.2) is 56.5 Å². The first-order valence-electron chi connectivity index (χ1n) is 11.1. The van der Waals surface area contributed by atoms with Crippen molar-refractivity contribution >= 4 is 40.8 Å². The summed E-state index contributed by atoms with van der Waals surface area (Å²) in [5.41, 5.74) is 3.26. The van der Waals surface area contributed by atoms with Gasteiger partial charge in [0.15, 0.2) is 5.96 Å². The second kappa shape index (κ2) is 13.9. The number of aromatic nitrogens is 1. The number of rotatable bonds is 11. The van der Waals surface area contributed by atoms with Gasteiger partial charge in [-0.3, -0.25) is 4.99 Å². The van der Waals surface area contributed by atoms with E-state index >= 15 is 0 Å². The molecule has 0 amide bonds. The van der Waals surface area contributed by atoms with Crippen LogP contribution >= 0.6 is 24.0 Å². The highest BCUT2D eigenvalue weighted by Crippen LogP contribution is 2.31. The van der Waals surface area contributed by atoms with Gasteiger partial charge in [-0.15, -0.1) is 24.0 Å². The predicted molar refractivity (Wildman–Crippen MR) is 145 cm³/mol. The summed E-state index contributed by atoms with van der Waals surface area (Å²) in [4.78, 5) is 8.14. The van der Waals surface area contributed by atoms with Crippen molar-refractivity contribution in [3.8, 4) is 11.5 Å². The molecule has 0 saturated heterocycles. The lowest BCUT2D eigenvalue weighted by Crippen LogP contribution is -2.38. The van der Waals surface area contributed by atoms with Gasteiger partial charge in [-0.2, -0.15) is 0 Å². The van der Waals surface area contributed by atoms with Gasteiger partial charge in [-0.1, -0.05) is 30.3 Å². The number of aromatic amines is 1. The minimum atomic E-state index is -0.00928. The van der Waals surface area contributed by atoms with Crippen molar-refractivity contribution in [2.45, 2.75) is 25.7 Å². The average molecular weight is 566 g/mol. The topological polar surface area (TPSA) is 90.9 Å². The minimum Gasteiger partial charge on any atom is -0.497 e. The number of methoxy groups -OCH3 is 2. The molecule has 3 rings (SSSR count). The molecule has 1 heterocycles. The Balaban J connectivity index is 0.00000385. The Morgan fingerprint density at radius 3 is 2.55 bits per heavy atom. The van der Waals surface area contributed by atoms with E-state index in [0.29, 0.717) is 6.54 Å². The SMILES string of the molecule is CCNC(=NCC(CO)c1ccccc1)NCCCc1cc2c(OC)cc(OC)cc2[nH]1.I. The molecular weight excluding hydrogens is 531 g/mol. The number of aliphatic hydroxyl groups is 1. The summed E-state index contributed by atoms with van der Waals surface area (Å²) in [6.07, 6.45) is 1.84. The first-order valence-corrected chi connectivity index (χ1v) is 11.1. The van der Waals surface area contributed by atoms with Crippen LogP contribution in [0.15, 0.2) is 53.5 Å². The molecule has 7 nitrogen and oxygen atoms in total. The van der Waals surface area contributed by atoms with Crippen LogP contribution in [0.2, 0.25) is 0 Å². The van der Waals surface area contributed by atoms with Crippen molar-refractivity contribution in [3.05, 3.63) is 59.8 Å². The van der Waals surface area contributed by atoms with E-state index in [4.69, 9.17) is 9.47 Å². The molecule has 3 aromatic rings. The van der Waals surface area contributed by atoms with Crippen molar-refractivity contribution in [1.29, 1.82) is 0 Å². The van der Waals surface area contributed by atoms with Gasteiger partial charge in [0, 0.05) is 42.2 Å². The minimum absolute atomic E-state index is 0. The van der Waals surface area contributed by atoms with Crippen LogP contribution in [-0.2, 0) is 6.42 Å². The summed E-state index contributed by atoms with van der Waals surface area (Å²) >= 11 is 0. The fourth-order valence-corrected chi connectivity index (χ4v) is 3.68. The molecule has 0 aliphatic heterocycles. The normalized spacial score (nSPS) is 12.2. The fraction of sp³-hybridized carbons (Fsp3) is 0.400. The number of benzene rings is 2. The maximum Gasteiger partial charge on any atom is 0.191 e. The molecule has 1 atom stereocenters. The smallest absolute Gasteiger partial charge is 0.191 e. The van der Waals surface area contributed by atoms with E-state index < -0.39 is 0 Å². The summed E-state index contributed by atoms with van der Waals surface area (Å²) in [5, 5.41) is 17.5. The van der Waals surface area contributed by atoms with Crippen LogP contribution in [0.1, 0.15) is 30.5 Å². The fourth-order valence-electron chi connectivity index (χ4n) is 3.68. The van der Waals surface area contributed by atoms with E-state index in [2.05, 4.69) is 26.7 Å². The number of aliphatic hydroxyl groups excluding tert-OH is 1. The lowest BCUT2D eigenvalue weighted by molar-refractivity contribution is 0.268. The molecule has 0 bridgehead atoms. The maximum absolute atomic E-state index is 9.76. The molecule has 0 spiro atoms. The molecule has 0 aliphatic rings. The Bertz CT molecular complexity index is 1010. The summed E-state index contributed by atoms with van der Waals surface area (Å²) < 4.78 is 10.9. The number of hydrogen-bond donors (Lipinski definition) is 4. The molecule has 0 radical (unpaired) electrons. The average Bonchev–Trinajstić information content (AvgIpc) is 3.24. The number of fused-ring (bicyclic) bond motifs is 1. The number of hydrogen-bond acceptors (Lipinski definition) is 4. The first-order chi connectivity index (χ1) is 15.7. The van der Waals surface area contributed by atoms with Crippen LogP contribution in [0.4, 0.5) is 0 Å². The van der Waals surface area contributed by atoms with Gasteiger partial charge in [0.25, 0.3) is 0 Å². The highest BCUT2D eigenvalue weighted by atomic mass is 127. The largest absolute Gasteiger partial charge is 0.497 e. The van der Waals surface area contributed by atoms with Crippen LogP contribution in [0, 0.1) is 0 Å². The number of aliphatic imine (C=N–C) groups is 1. The second-order valence-electron chi connectivity index (χ2n) is 7.63. The Morgan fingerprint density at radius 1 is 1.09 bits per heavy atom. The lowest BCUT2D eigenvalue weighted by Gasteiger charge is -2.15. The van der Waals surface area contributed by atoms with Crippen LogP contribution in [0.25, 0.3) is 10.9 Å². The summed E-state index contributed by atoms with van der Waals surface area (Å²) in [5.74, 6) is 2.33. The molecule has 33 heavy (non-hydrogen) atoms. The van der Waals surface area contributed by atoms with Crippen molar-refractivity contribution in [1.82, 2.24) is 15.6 Å². The molecule has 2 aromatic carbocycles. The third kappa shape index (κ3) is 7.53. The Kier molecular flexibility index (Phi) is 11.3. The number of ether oxygens (including phenoxy) is 2. The van der Waals surface area contributed by atoms with Gasteiger partial charge in [0.1, 0.15) is 11.5 Å².